The number of aromatic amines is 1. The molecule has 0 radical (unpaired) electrons. The lowest BCUT2D eigenvalue weighted by molar-refractivity contribution is -0.142. The number of aliphatic carboxylic acids is 2. The zero-order chi connectivity index (χ0) is 75.7. The zero-order valence-electron chi connectivity index (χ0n) is 57.0. The van der Waals surface area contributed by atoms with E-state index in [1.807, 2.05) is 73.7 Å². The number of hydrogen-bond acceptors (Lipinski definition) is 18. The lowest BCUT2D eigenvalue weighted by atomic mass is 9.90. The fourth-order valence-electron chi connectivity index (χ4n) is 10.7. The van der Waals surface area contributed by atoms with E-state index < -0.39 is 175 Å². The largest absolute Gasteiger partial charge is 0.481 e. The summed E-state index contributed by atoms with van der Waals surface area (Å²) in [6.45, 7) is 4.25. The standard InChI is InChI=1S/C71H86N14O18/c1-38-14-12-13-19-49(38)47-26-22-43(23-27-47)29-52(65(98)78-51(61(73)94)28-42-20-24-46(25-21-42)45-17-10-7-11-18-45)80-66(99)54(32-58(92)93)81-67(100)55(36-86)82-68(101)59(40(3)87)84-70(103)71(5,33-44-15-8-6-9-16-44)85-69(102)60(41(4)88)83-56(89)35-75-64(97)53(31-57(90)91)79-62(95)39(2)77-63(96)50(72)30-48-34-74-37-76-48/h6-27,34,37,39-41,50-55,59-60,86-88H,28-33,35-36,72H2,1-5H3,(H2,73,94)(H,74,76)(H,75,97)(H,77,96)(H,78,98)(H,79,95)(H,80,99)(H,81,100)(H,82,101)(H,83,89)(H,84,103)(H,85,102)(H,90,91)(H,92,93)/t39-,40+,41+,50-,51-,52-,53-,54-,55-,59-,60-,71-/m0/s1. The number of aromatic nitrogens is 2. The van der Waals surface area contributed by atoms with Crippen molar-refractivity contribution in [3.8, 4) is 22.3 Å². The van der Waals surface area contributed by atoms with Crippen molar-refractivity contribution in [3.05, 3.63) is 174 Å². The third-order valence-corrected chi connectivity index (χ3v) is 16.4. The van der Waals surface area contributed by atoms with Crippen LogP contribution in [0.3, 0.4) is 0 Å². The Morgan fingerprint density at radius 2 is 0.990 bits per heavy atom. The minimum Gasteiger partial charge on any atom is -0.481 e. The van der Waals surface area contributed by atoms with Crippen LogP contribution in [0.4, 0.5) is 0 Å². The molecule has 548 valence electrons. The first-order valence-corrected chi connectivity index (χ1v) is 32.6. The third kappa shape index (κ3) is 24.5. The molecule has 0 unspecified atom stereocenters. The Morgan fingerprint density at radius 1 is 0.505 bits per heavy atom. The topological polar surface area (TPSA) is 524 Å². The van der Waals surface area contributed by atoms with E-state index in [1.54, 1.807) is 66.7 Å². The number of aliphatic hydroxyl groups excluding tert-OH is 3. The average molecular weight is 1420 g/mol. The molecular formula is C71H86N14O18. The molecule has 0 bridgehead atoms. The van der Waals surface area contributed by atoms with Crippen LogP contribution in [0, 0.1) is 6.92 Å². The molecule has 12 atom stereocenters. The molecule has 20 N–H and O–H groups in total. The van der Waals surface area contributed by atoms with E-state index in [1.165, 1.54) is 26.4 Å². The van der Waals surface area contributed by atoms with Gasteiger partial charge in [0, 0.05) is 37.6 Å². The molecule has 0 aliphatic heterocycles. The van der Waals surface area contributed by atoms with Crippen molar-refractivity contribution < 1.29 is 87.9 Å². The van der Waals surface area contributed by atoms with Crippen molar-refractivity contribution >= 4 is 76.9 Å². The number of benzene rings is 5. The van der Waals surface area contributed by atoms with Gasteiger partial charge in [-0.05, 0) is 79.1 Å². The molecule has 6 aromatic rings. The van der Waals surface area contributed by atoms with Gasteiger partial charge in [0.05, 0.1) is 50.6 Å². The molecule has 103 heavy (non-hydrogen) atoms. The highest BCUT2D eigenvalue weighted by molar-refractivity contribution is 6.01. The van der Waals surface area contributed by atoms with Crippen LogP contribution < -0.4 is 64.6 Å². The van der Waals surface area contributed by atoms with Crippen LogP contribution >= 0.6 is 0 Å². The Morgan fingerprint density at radius 3 is 1.54 bits per heavy atom. The van der Waals surface area contributed by atoms with Crippen LogP contribution in [0.25, 0.3) is 22.3 Å². The quantitative estimate of drug-likeness (QED) is 0.0194. The Balaban J connectivity index is 1.14. The second-order valence-electron chi connectivity index (χ2n) is 24.9. The maximum Gasteiger partial charge on any atom is 0.305 e. The van der Waals surface area contributed by atoms with Crippen LogP contribution in [0.15, 0.2) is 146 Å². The molecule has 5 aromatic carbocycles. The number of carbonyl (C=O) groups is 13. The van der Waals surface area contributed by atoms with E-state index in [9.17, 15) is 87.9 Å². The molecule has 0 saturated heterocycles. The first-order valence-electron chi connectivity index (χ1n) is 32.6. The number of amides is 11. The van der Waals surface area contributed by atoms with Crippen molar-refractivity contribution in [1.29, 1.82) is 0 Å². The normalized spacial score (nSPS) is 14.8. The summed E-state index contributed by atoms with van der Waals surface area (Å²) in [5.74, 6) is -15.6. The number of carboxylic acid groups (broad SMARTS) is 2. The molecule has 0 saturated carbocycles. The van der Waals surface area contributed by atoms with Gasteiger partial charge < -0.3 is 95.2 Å². The van der Waals surface area contributed by atoms with Crippen molar-refractivity contribution in [1.82, 2.24) is 63.1 Å². The number of aliphatic hydroxyl groups is 3. The summed E-state index contributed by atoms with van der Waals surface area (Å²) in [6, 6.07) is 23.8. The summed E-state index contributed by atoms with van der Waals surface area (Å²) in [7, 11) is 0. The Kier molecular flexibility index (Phi) is 29.7. The predicted octanol–water partition coefficient (Wildman–Crippen LogP) is -2.27. The van der Waals surface area contributed by atoms with Gasteiger partial charge in [-0.25, -0.2) is 4.98 Å². The van der Waals surface area contributed by atoms with E-state index >= 15 is 0 Å². The summed E-state index contributed by atoms with van der Waals surface area (Å²) in [5.41, 5.74) is 16.1. The number of hydrogen-bond donors (Lipinski definition) is 18. The van der Waals surface area contributed by atoms with Crippen LogP contribution in [-0.4, -0.2) is 198 Å². The second kappa shape index (κ2) is 38.2. The van der Waals surface area contributed by atoms with E-state index in [-0.39, 0.29) is 25.7 Å². The van der Waals surface area contributed by atoms with E-state index in [4.69, 9.17) is 11.5 Å². The number of rotatable bonds is 38. The number of H-pyrrole nitrogens is 1. The number of nitrogens with zero attached hydrogens (tertiary/aromatic N) is 1. The van der Waals surface area contributed by atoms with Gasteiger partial charge in [0.2, 0.25) is 65.0 Å². The smallest absolute Gasteiger partial charge is 0.305 e. The molecule has 32 heteroatoms. The molecule has 0 spiro atoms. The molecule has 11 amide bonds. The van der Waals surface area contributed by atoms with E-state index in [0.717, 1.165) is 41.7 Å². The second-order valence-corrected chi connectivity index (χ2v) is 24.9. The van der Waals surface area contributed by atoms with Gasteiger partial charge in [-0.1, -0.05) is 133 Å². The number of imidazole rings is 1. The summed E-state index contributed by atoms with van der Waals surface area (Å²) >= 11 is 0. The first kappa shape index (κ1) is 80.2. The van der Waals surface area contributed by atoms with Crippen molar-refractivity contribution in [2.24, 2.45) is 11.5 Å². The summed E-state index contributed by atoms with van der Waals surface area (Å²) < 4.78 is 0. The van der Waals surface area contributed by atoms with Crippen LogP contribution in [0.1, 0.15) is 68.5 Å². The average Bonchev–Trinajstić information content (AvgIpc) is 0.828. The van der Waals surface area contributed by atoms with Crippen LogP contribution in [-0.2, 0) is 88.0 Å². The fraction of sp³-hybridized carbons (Fsp3) is 0.352. The maximum absolute atomic E-state index is 14.6. The Bertz CT molecular complexity index is 3960. The van der Waals surface area contributed by atoms with Gasteiger partial charge in [0.25, 0.3) is 0 Å². The molecule has 0 fully saturated rings. The number of nitrogens with two attached hydrogens (primary N) is 2. The number of primary amides is 1. The highest BCUT2D eigenvalue weighted by Gasteiger charge is 2.42. The summed E-state index contributed by atoms with van der Waals surface area (Å²) in [5, 5.41) is 75.1. The van der Waals surface area contributed by atoms with Gasteiger partial charge >= 0.3 is 11.9 Å². The van der Waals surface area contributed by atoms with E-state index in [2.05, 4.69) is 63.1 Å². The van der Waals surface area contributed by atoms with Crippen LogP contribution in [0.5, 0.6) is 0 Å². The highest BCUT2D eigenvalue weighted by Crippen LogP contribution is 2.25. The van der Waals surface area contributed by atoms with Gasteiger partial charge in [0.15, 0.2) is 0 Å². The summed E-state index contributed by atoms with van der Waals surface area (Å²) in [4.78, 5) is 182. The van der Waals surface area contributed by atoms with Gasteiger partial charge in [-0.3, -0.25) is 62.3 Å². The Hall–Kier alpha value is -11.7. The Labute approximate surface area is 591 Å². The molecule has 32 nitrogen and oxygen atoms in total. The van der Waals surface area contributed by atoms with Crippen molar-refractivity contribution in [2.75, 3.05) is 13.2 Å². The molecule has 6 rings (SSSR count). The number of carbonyl (C=O) groups excluding carboxylic acids is 11. The SMILES string of the molecule is Cc1ccccc1-c1ccc(C[C@H](NC(=O)[C@H](CC(=O)O)NC(=O)[C@H](CO)NC(=O)[C@@H](NC(=O)[C@](C)(Cc2ccccc2)NC(=O)[C@@H](NC(=O)CNC(=O)[C@H](CC(=O)O)NC(=O)[C@H](C)NC(=O)[C@@H](N)Cc2cnc[nH]2)[C@@H](C)O)[C@@H](C)O)C(=O)N[C@@H](Cc2ccc(-c3ccccc3)cc2)C(N)=O)cc1. The predicted molar refractivity (Wildman–Crippen MR) is 371 cm³/mol. The molecule has 0 aliphatic rings. The number of nitrogens with one attached hydrogen (secondary N) is 11. The number of aryl methyl sites for hydroxylation is 1. The molecule has 0 aliphatic carbocycles. The summed E-state index contributed by atoms with van der Waals surface area (Å²) in [6.07, 6.45) is -3.62. The number of carboxylic acids is 2. The van der Waals surface area contributed by atoms with Crippen molar-refractivity contribution in [3.63, 3.8) is 0 Å². The monoisotopic (exact) mass is 1420 g/mol. The van der Waals surface area contributed by atoms with Gasteiger partial charge in [-0.15, -0.1) is 0 Å². The highest BCUT2D eigenvalue weighted by atomic mass is 16.4. The first-order chi connectivity index (χ1) is 48.8. The van der Waals surface area contributed by atoms with Gasteiger partial charge in [-0.2, -0.15) is 0 Å². The van der Waals surface area contributed by atoms with Gasteiger partial charge in [0.1, 0.15) is 53.9 Å². The third-order valence-electron chi connectivity index (χ3n) is 16.4. The lowest BCUT2D eigenvalue weighted by Gasteiger charge is -2.34. The fourth-order valence-corrected chi connectivity index (χ4v) is 10.7. The molecular weight excluding hydrogens is 1340 g/mol. The van der Waals surface area contributed by atoms with E-state index in [0.29, 0.717) is 22.4 Å². The minimum atomic E-state index is -2.18. The molecule has 1 aromatic heterocycles. The zero-order valence-corrected chi connectivity index (χ0v) is 57.0. The lowest BCUT2D eigenvalue weighted by Crippen LogP contribution is -2.67. The van der Waals surface area contributed by atoms with Crippen molar-refractivity contribution in [2.45, 2.75) is 145 Å². The minimum absolute atomic E-state index is 0.0206. The maximum atomic E-state index is 14.6. The van der Waals surface area contributed by atoms with Crippen LogP contribution in [0.2, 0.25) is 0 Å². The molecule has 1 heterocycles.